The Hall–Kier alpha value is -4.78. The largest absolute Gasteiger partial charge is 0.382 e. The number of nitrogens with two attached hydrogens (primary N) is 1. The van der Waals surface area contributed by atoms with Gasteiger partial charge < -0.3 is 10.3 Å². The van der Waals surface area contributed by atoms with Crippen molar-refractivity contribution in [3.05, 3.63) is 112 Å². The molecule has 5 rings (SSSR count). The summed E-state index contributed by atoms with van der Waals surface area (Å²) in [7, 11) is 0. The van der Waals surface area contributed by atoms with Gasteiger partial charge >= 0.3 is 0 Å². The monoisotopic (exact) mass is 474 g/mol. The van der Waals surface area contributed by atoms with Crippen LogP contribution in [0.5, 0.6) is 0 Å². The zero-order valence-corrected chi connectivity index (χ0v) is 19.3. The number of allylic oxidation sites excluding steroid dienone is 1. The van der Waals surface area contributed by atoms with Gasteiger partial charge in [-0.1, -0.05) is 60.1 Å². The van der Waals surface area contributed by atoms with Crippen LogP contribution in [0.3, 0.4) is 0 Å². The van der Waals surface area contributed by atoms with Crippen molar-refractivity contribution in [3.8, 4) is 17.8 Å². The second kappa shape index (κ2) is 9.23. The molecule has 2 N–H and O–H groups in total. The molecular formula is C28H19ClN6. The Labute approximate surface area is 207 Å². The molecule has 0 bridgehead atoms. The highest BCUT2D eigenvalue weighted by atomic mass is 35.5. The zero-order valence-electron chi connectivity index (χ0n) is 18.6. The van der Waals surface area contributed by atoms with E-state index in [0.29, 0.717) is 17.3 Å². The molecule has 0 spiro atoms. The Bertz CT molecular complexity index is 1640. The molecule has 2 aromatic heterocycles. The van der Waals surface area contributed by atoms with Gasteiger partial charge in [0.25, 0.3) is 0 Å². The fourth-order valence-corrected chi connectivity index (χ4v) is 4.24. The summed E-state index contributed by atoms with van der Waals surface area (Å²) >= 11 is 6.04. The number of anilines is 1. The van der Waals surface area contributed by atoms with E-state index >= 15 is 0 Å². The van der Waals surface area contributed by atoms with E-state index in [0.717, 1.165) is 22.0 Å². The van der Waals surface area contributed by atoms with E-state index in [1.54, 1.807) is 6.08 Å². The maximum absolute atomic E-state index is 10.0. The first-order valence-electron chi connectivity index (χ1n) is 10.9. The van der Waals surface area contributed by atoms with Crippen molar-refractivity contribution in [2.24, 2.45) is 0 Å². The molecule has 0 saturated heterocycles. The van der Waals surface area contributed by atoms with Crippen LogP contribution in [0.15, 0.2) is 85.1 Å². The van der Waals surface area contributed by atoms with Crippen molar-refractivity contribution in [2.45, 2.75) is 6.54 Å². The molecule has 3 aromatic carbocycles. The molecule has 0 atom stereocenters. The van der Waals surface area contributed by atoms with E-state index in [9.17, 15) is 10.5 Å². The van der Waals surface area contributed by atoms with Gasteiger partial charge in [0, 0.05) is 34.2 Å². The summed E-state index contributed by atoms with van der Waals surface area (Å²) in [6.07, 6.45) is 3.76. The molecule has 35 heavy (non-hydrogen) atoms. The lowest BCUT2D eigenvalue weighted by Gasteiger charge is -2.05. The van der Waals surface area contributed by atoms with Crippen molar-refractivity contribution >= 4 is 40.0 Å². The van der Waals surface area contributed by atoms with Crippen LogP contribution < -0.4 is 5.73 Å². The van der Waals surface area contributed by atoms with Gasteiger partial charge in [0.1, 0.15) is 29.2 Å². The SMILES string of the molecule is N#C/C(=C\c1cn(Cc2ccc(Cl)cc2)c2ccccc12)c1nn(-c2ccccc2)c(N)c1C#N. The second-order valence-corrected chi connectivity index (χ2v) is 8.43. The Balaban J connectivity index is 1.62. The Morgan fingerprint density at radius 2 is 1.69 bits per heavy atom. The molecule has 0 amide bonds. The number of para-hydroxylation sites is 2. The highest BCUT2D eigenvalue weighted by Crippen LogP contribution is 2.30. The Morgan fingerprint density at radius 1 is 0.971 bits per heavy atom. The normalized spacial score (nSPS) is 11.3. The summed E-state index contributed by atoms with van der Waals surface area (Å²) in [5, 5.41) is 26.1. The van der Waals surface area contributed by atoms with Crippen molar-refractivity contribution in [1.82, 2.24) is 14.3 Å². The number of benzene rings is 3. The summed E-state index contributed by atoms with van der Waals surface area (Å²) in [5.74, 6) is 0.194. The maximum atomic E-state index is 10.0. The third-order valence-electron chi connectivity index (χ3n) is 5.79. The smallest absolute Gasteiger partial charge is 0.145 e. The summed E-state index contributed by atoms with van der Waals surface area (Å²) in [5.41, 5.74) is 10.6. The number of rotatable bonds is 5. The van der Waals surface area contributed by atoms with Gasteiger partial charge in [-0.2, -0.15) is 15.6 Å². The van der Waals surface area contributed by atoms with Gasteiger partial charge in [-0.15, -0.1) is 0 Å². The van der Waals surface area contributed by atoms with E-state index < -0.39 is 0 Å². The number of hydrogen-bond acceptors (Lipinski definition) is 4. The number of fused-ring (bicyclic) bond motifs is 1. The van der Waals surface area contributed by atoms with Crippen LogP contribution in [-0.4, -0.2) is 14.3 Å². The molecule has 0 fully saturated rings. The number of hydrogen-bond donors (Lipinski definition) is 1. The van der Waals surface area contributed by atoms with Crippen LogP contribution in [0.1, 0.15) is 22.4 Å². The lowest BCUT2D eigenvalue weighted by Crippen LogP contribution is -2.02. The second-order valence-electron chi connectivity index (χ2n) is 7.99. The summed E-state index contributed by atoms with van der Waals surface area (Å²) in [4.78, 5) is 0. The molecule has 0 radical (unpaired) electrons. The number of nitrogens with zero attached hydrogens (tertiary/aromatic N) is 5. The van der Waals surface area contributed by atoms with Gasteiger partial charge in [-0.25, -0.2) is 4.68 Å². The highest BCUT2D eigenvalue weighted by Gasteiger charge is 2.20. The first-order chi connectivity index (χ1) is 17.1. The van der Waals surface area contributed by atoms with Gasteiger partial charge in [0.05, 0.1) is 11.3 Å². The van der Waals surface area contributed by atoms with Crippen LogP contribution in [0, 0.1) is 22.7 Å². The van der Waals surface area contributed by atoms with Gasteiger partial charge in [-0.05, 0) is 42.0 Å². The van der Waals surface area contributed by atoms with Crippen LogP contribution in [0.4, 0.5) is 5.82 Å². The van der Waals surface area contributed by atoms with Crippen molar-refractivity contribution in [3.63, 3.8) is 0 Å². The van der Waals surface area contributed by atoms with Crippen LogP contribution in [0.25, 0.3) is 28.2 Å². The first kappa shape index (κ1) is 22.0. The average Bonchev–Trinajstić information content (AvgIpc) is 3.41. The fourth-order valence-electron chi connectivity index (χ4n) is 4.11. The Kier molecular flexibility index (Phi) is 5.81. The molecule has 0 aliphatic carbocycles. The number of halogens is 1. The van der Waals surface area contributed by atoms with E-state index in [1.165, 1.54) is 4.68 Å². The third kappa shape index (κ3) is 4.15. The molecular weight excluding hydrogens is 456 g/mol. The van der Waals surface area contributed by atoms with Crippen molar-refractivity contribution in [1.29, 1.82) is 10.5 Å². The van der Waals surface area contributed by atoms with E-state index in [4.69, 9.17) is 17.3 Å². The van der Waals surface area contributed by atoms with E-state index in [-0.39, 0.29) is 22.6 Å². The summed E-state index contributed by atoms with van der Waals surface area (Å²) < 4.78 is 3.62. The molecule has 0 unspecified atom stereocenters. The molecule has 168 valence electrons. The molecule has 6 nitrogen and oxygen atoms in total. The fraction of sp³-hybridized carbons (Fsp3) is 0.0357. The predicted molar refractivity (Wildman–Crippen MR) is 139 cm³/mol. The zero-order chi connectivity index (χ0) is 24.4. The molecule has 2 heterocycles. The van der Waals surface area contributed by atoms with Crippen LogP contribution >= 0.6 is 11.6 Å². The topological polar surface area (TPSA) is 96.3 Å². The van der Waals surface area contributed by atoms with E-state index in [2.05, 4.69) is 21.8 Å². The lowest BCUT2D eigenvalue weighted by atomic mass is 10.1. The molecule has 0 aliphatic rings. The number of nitrogen functional groups attached to an aromatic ring is 1. The minimum atomic E-state index is 0.173. The van der Waals surface area contributed by atoms with Gasteiger partial charge in [-0.3, -0.25) is 0 Å². The number of aromatic nitrogens is 3. The van der Waals surface area contributed by atoms with Crippen molar-refractivity contribution < 1.29 is 0 Å². The van der Waals surface area contributed by atoms with Gasteiger partial charge in [0.2, 0.25) is 0 Å². The maximum Gasteiger partial charge on any atom is 0.145 e. The summed E-state index contributed by atoms with van der Waals surface area (Å²) in [6, 6.07) is 29.3. The summed E-state index contributed by atoms with van der Waals surface area (Å²) in [6.45, 7) is 0.645. The minimum Gasteiger partial charge on any atom is -0.382 e. The molecule has 0 aliphatic heterocycles. The lowest BCUT2D eigenvalue weighted by molar-refractivity contribution is 0.836. The van der Waals surface area contributed by atoms with E-state index in [1.807, 2.05) is 85.1 Å². The number of nitriles is 2. The molecule has 5 aromatic rings. The Morgan fingerprint density at radius 3 is 2.40 bits per heavy atom. The quantitative estimate of drug-likeness (QED) is 0.314. The average molecular weight is 475 g/mol. The van der Waals surface area contributed by atoms with Crippen LogP contribution in [-0.2, 0) is 6.54 Å². The third-order valence-corrected chi connectivity index (χ3v) is 6.05. The minimum absolute atomic E-state index is 0.173. The molecule has 0 saturated carbocycles. The highest BCUT2D eigenvalue weighted by molar-refractivity contribution is 6.30. The molecule has 7 heteroatoms. The predicted octanol–water partition coefficient (Wildman–Crippen LogP) is 6.05. The van der Waals surface area contributed by atoms with Gasteiger partial charge in [0.15, 0.2) is 0 Å². The van der Waals surface area contributed by atoms with Crippen molar-refractivity contribution in [2.75, 3.05) is 5.73 Å². The van der Waals surface area contributed by atoms with Crippen LogP contribution in [0.2, 0.25) is 5.02 Å². The standard InChI is InChI=1S/C28H19ClN6/c29-22-12-10-19(11-13-22)17-34-18-21(24-8-4-5-9-26(24)34)14-20(15-30)27-25(16-31)28(32)35(33-27)23-6-2-1-3-7-23/h1-14,18H,17,32H2/b20-14+. The first-order valence-corrected chi connectivity index (χ1v) is 11.3.